The lowest BCUT2D eigenvalue weighted by atomic mass is 9.84. The van der Waals surface area contributed by atoms with Crippen LogP contribution in [-0.2, 0) is 13.9 Å². The zero-order valence-electron chi connectivity index (χ0n) is 20.0. The fraction of sp³-hybridized carbons (Fsp3) is 0.565. The molecule has 2 heterocycles. The van der Waals surface area contributed by atoms with Gasteiger partial charge in [0.2, 0.25) is 0 Å². The predicted molar refractivity (Wildman–Crippen MR) is 129 cm³/mol. The number of rotatable bonds is 5. The molecule has 32 heavy (non-hydrogen) atoms. The van der Waals surface area contributed by atoms with Gasteiger partial charge in [-0.05, 0) is 42.4 Å². The van der Waals surface area contributed by atoms with Crippen molar-refractivity contribution < 1.29 is 19.0 Å². The van der Waals surface area contributed by atoms with Gasteiger partial charge in [0.05, 0.1) is 23.6 Å². The molecule has 0 aliphatic carbocycles. The predicted octanol–water partition coefficient (Wildman–Crippen LogP) is 4.45. The van der Waals surface area contributed by atoms with Crippen LogP contribution in [0.5, 0.6) is 0 Å². The van der Waals surface area contributed by atoms with Gasteiger partial charge in [0.1, 0.15) is 11.3 Å². The highest BCUT2D eigenvalue weighted by Crippen LogP contribution is 2.53. The molecule has 0 bridgehead atoms. The molecular formula is C23H35N4O4P. The number of anilines is 2. The Kier molecular flexibility index (Phi) is 6.26. The van der Waals surface area contributed by atoms with Gasteiger partial charge in [0.15, 0.2) is 5.84 Å². The fourth-order valence-corrected chi connectivity index (χ4v) is 5.87. The molecule has 2 unspecified atom stereocenters. The lowest BCUT2D eigenvalue weighted by Crippen LogP contribution is -2.45. The summed E-state index contributed by atoms with van der Waals surface area (Å²) in [4.78, 5) is 15.3. The average molecular weight is 463 g/mol. The Balaban J connectivity index is 2.10. The van der Waals surface area contributed by atoms with E-state index in [4.69, 9.17) is 10.3 Å². The van der Waals surface area contributed by atoms with E-state index in [1.165, 1.54) is 0 Å². The largest absolute Gasteiger partial charge is 0.509 e. The van der Waals surface area contributed by atoms with Gasteiger partial charge < -0.3 is 25.6 Å². The molecule has 0 fully saturated rings. The number of amides is 1. The molecular weight excluding hydrogens is 427 g/mol. The van der Waals surface area contributed by atoms with Crippen LogP contribution < -0.4 is 16.4 Å². The first kappa shape index (κ1) is 24.3. The van der Waals surface area contributed by atoms with Crippen molar-refractivity contribution >= 4 is 35.9 Å². The molecule has 0 aromatic heterocycles. The number of nitrogens with two attached hydrogens (primary N) is 1. The number of hydrogen-bond acceptors (Lipinski definition) is 6. The van der Waals surface area contributed by atoms with Gasteiger partial charge in [-0.25, -0.2) is 0 Å². The maximum atomic E-state index is 13.7. The summed E-state index contributed by atoms with van der Waals surface area (Å²) in [6.07, 6.45) is 0.769. The Hall–Kier alpha value is -2.31. The van der Waals surface area contributed by atoms with Gasteiger partial charge in [0.25, 0.3) is 5.91 Å². The molecule has 176 valence electrons. The Bertz CT molecular complexity index is 1030. The van der Waals surface area contributed by atoms with Gasteiger partial charge in [0, 0.05) is 12.2 Å². The highest BCUT2D eigenvalue weighted by atomic mass is 31.2. The van der Waals surface area contributed by atoms with Crippen LogP contribution in [0.25, 0.3) is 0 Å². The van der Waals surface area contributed by atoms with E-state index in [0.29, 0.717) is 23.2 Å². The summed E-state index contributed by atoms with van der Waals surface area (Å²) in [7, 11) is -3.68. The minimum atomic E-state index is -3.68. The molecule has 0 saturated heterocycles. The van der Waals surface area contributed by atoms with E-state index >= 15 is 0 Å². The van der Waals surface area contributed by atoms with Crippen LogP contribution in [-0.4, -0.2) is 40.9 Å². The summed E-state index contributed by atoms with van der Waals surface area (Å²) in [5, 5.41) is 14.7. The van der Waals surface area contributed by atoms with Crippen molar-refractivity contribution in [3.05, 3.63) is 29.5 Å². The quantitative estimate of drug-likeness (QED) is 0.440. The molecule has 2 atom stereocenters. The molecule has 1 aromatic rings. The third kappa shape index (κ3) is 4.57. The monoisotopic (exact) mass is 462 g/mol. The second-order valence-corrected chi connectivity index (χ2v) is 12.6. The molecule has 3 rings (SSSR count). The summed E-state index contributed by atoms with van der Waals surface area (Å²) >= 11 is 0. The maximum Gasteiger partial charge on any atom is 0.348 e. The fourth-order valence-electron chi connectivity index (χ4n) is 4.05. The first-order chi connectivity index (χ1) is 14.7. The van der Waals surface area contributed by atoms with Crippen LogP contribution in [0.15, 0.2) is 34.3 Å². The third-order valence-electron chi connectivity index (χ3n) is 5.58. The second-order valence-electron chi connectivity index (χ2n) is 10.6. The SMILES string of the molecule is CCOP1(=O)N=C(C2=C(O)C(C(C)(C)C)N(CCC(C)(C)C)C2=O)Nc2ccc(N)cc21. The number of nitrogens with zero attached hydrogens (tertiary/aromatic N) is 2. The first-order valence-corrected chi connectivity index (χ1v) is 12.5. The number of aliphatic hydroxyl groups is 1. The first-order valence-electron chi connectivity index (χ1n) is 10.9. The molecule has 4 N–H and O–H groups in total. The van der Waals surface area contributed by atoms with E-state index in [9.17, 15) is 14.5 Å². The molecule has 2 aliphatic heterocycles. The van der Waals surface area contributed by atoms with Gasteiger partial charge in [-0.15, -0.1) is 0 Å². The number of benzene rings is 1. The van der Waals surface area contributed by atoms with Crippen molar-refractivity contribution in [1.82, 2.24) is 4.90 Å². The van der Waals surface area contributed by atoms with Crippen molar-refractivity contribution in [2.75, 3.05) is 24.2 Å². The summed E-state index contributed by atoms with van der Waals surface area (Å²) in [5.74, 6) is -0.335. The smallest absolute Gasteiger partial charge is 0.348 e. The van der Waals surface area contributed by atoms with E-state index in [-0.39, 0.29) is 35.1 Å². The summed E-state index contributed by atoms with van der Waals surface area (Å²) in [5.41, 5.74) is 6.47. The van der Waals surface area contributed by atoms with E-state index in [1.807, 2.05) is 20.8 Å². The Morgan fingerprint density at radius 1 is 1.25 bits per heavy atom. The summed E-state index contributed by atoms with van der Waals surface area (Å²) in [6.45, 7) is 14.7. The second kappa shape index (κ2) is 8.23. The lowest BCUT2D eigenvalue weighted by Gasteiger charge is -2.36. The van der Waals surface area contributed by atoms with Crippen molar-refractivity contribution in [3.63, 3.8) is 0 Å². The lowest BCUT2D eigenvalue weighted by molar-refractivity contribution is -0.128. The van der Waals surface area contributed by atoms with Crippen LogP contribution >= 0.6 is 7.52 Å². The molecule has 8 nitrogen and oxygen atoms in total. The third-order valence-corrected chi connectivity index (χ3v) is 7.63. The summed E-state index contributed by atoms with van der Waals surface area (Å²) < 4.78 is 23.6. The highest BCUT2D eigenvalue weighted by molar-refractivity contribution is 7.66. The van der Waals surface area contributed by atoms with Gasteiger partial charge in [-0.3, -0.25) is 9.36 Å². The topological polar surface area (TPSA) is 117 Å². The molecule has 1 aromatic carbocycles. The zero-order chi connectivity index (χ0) is 24.1. The van der Waals surface area contributed by atoms with E-state index in [1.54, 1.807) is 30.0 Å². The van der Waals surface area contributed by atoms with Crippen molar-refractivity contribution in [2.24, 2.45) is 15.6 Å². The van der Waals surface area contributed by atoms with Crippen molar-refractivity contribution in [3.8, 4) is 0 Å². The molecule has 0 radical (unpaired) electrons. The Morgan fingerprint density at radius 2 is 1.91 bits per heavy atom. The van der Waals surface area contributed by atoms with Crippen LogP contribution in [0.2, 0.25) is 0 Å². The number of amidine groups is 1. The molecule has 1 amide bonds. The van der Waals surface area contributed by atoms with Crippen LogP contribution in [0.4, 0.5) is 11.4 Å². The van der Waals surface area contributed by atoms with Crippen molar-refractivity contribution in [2.45, 2.75) is 60.9 Å². The number of carbonyl (C=O) groups excluding carboxylic acids is 1. The molecule has 0 saturated carbocycles. The van der Waals surface area contributed by atoms with Gasteiger partial charge in [-0.2, -0.15) is 4.76 Å². The normalized spacial score (nSPS) is 23.8. The molecule has 2 aliphatic rings. The van der Waals surface area contributed by atoms with Gasteiger partial charge >= 0.3 is 7.52 Å². The number of aliphatic hydroxyl groups excluding tert-OH is 1. The average Bonchev–Trinajstić information content (AvgIpc) is 2.90. The number of fused-ring (bicyclic) bond motifs is 1. The number of nitrogen functional groups attached to an aromatic ring is 1. The van der Waals surface area contributed by atoms with E-state index in [0.717, 1.165) is 6.42 Å². The van der Waals surface area contributed by atoms with E-state index < -0.39 is 19.0 Å². The number of carbonyl (C=O) groups is 1. The highest BCUT2D eigenvalue weighted by Gasteiger charge is 2.48. The molecule has 0 spiro atoms. The maximum absolute atomic E-state index is 13.7. The number of hydrogen-bond donors (Lipinski definition) is 3. The zero-order valence-corrected chi connectivity index (χ0v) is 20.9. The summed E-state index contributed by atoms with van der Waals surface area (Å²) in [6, 6.07) is 4.40. The van der Waals surface area contributed by atoms with Crippen LogP contribution in [0, 0.1) is 10.8 Å². The standard InChI is InChI=1S/C23H35N4O4P/c1-8-31-32(30)16-13-14(24)9-10-15(16)25-20(26-32)17-18(28)19(23(5,6)7)27(21(17)29)12-11-22(2,3)4/h9-10,13,19,28H,8,11-12,24H2,1-7H3,(H,25,26,30). The van der Waals surface area contributed by atoms with Crippen LogP contribution in [0.3, 0.4) is 0 Å². The van der Waals surface area contributed by atoms with Crippen LogP contribution in [0.1, 0.15) is 54.9 Å². The van der Waals surface area contributed by atoms with Gasteiger partial charge in [-0.1, -0.05) is 41.5 Å². The Labute approximate surface area is 190 Å². The number of nitrogens with one attached hydrogen (secondary N) is 1. The minimum Gasteiger partial charge on any atom is -0.509 e. The Morgan fingerprint density at radius 3 is 2.47 bits per heavy atom. The minimum absolute atomic E-state index is 0.0191. The molecule has 9 heteroatoms. The van der Waals surface area contributed by atoms with Crippen molar-refractivity contribution in [1.29, 1.82) is 0 Å². The van der Waals surface area contributed by atoms with E-state index in [2.05, 4.69) is 30.9 Å².